The second-order valence-corrected chi connectivity index (χ2v) is 17.5. The molecule has 0 radical (unpaired) electrons. The monoisotopic (exact) mass is 336 g/mol. The summed E-state index contributed by atoms with van der Waals surface area (Å²) in [5.74, 6) is 0. The van der Waals surface area contributed by atoms with Crippen molar-refractivity contribution in [3.8, 4) is 0 Å². The van der Waals surface area contributed by atoms with Crippen LogP contribution in [0.15, 0.2) is 24.3 Å². The maximum atomic E-state index is 5.65. The average molecular weight is 337 g/mol. The van der Waals surface area contributed by atoms with Crippen LogP contribution in [0.2, 0.25) is 38.3 Å². The van der Waals surface area contributed by atoms with Crippen LogP contribution in [0.1, 0.15) is 25.7 Å². The fourth-order valence-electron chi connectivity index (χ4n) is 3.07. The van der Waals surface area contributed by atoms with Gasteiger partial charge >= 0.3 is 0 Å². The van der Waals surface area contributed by atoms with Gasteiger partial charge in [0.1, 0.15) is 0 Å². The van der Waals surface area contributed by atoms with E-state index in [4.69, 9.17) is 11.5 Å². The van der Waals surface area contributed by atoms with Crippen molar-refractivity contribution < 1.29 is 0 Å². The van der Waals surface area contributed by atoms with Crippen molar-refractivity contribution in [2.45, 2.75) is 64.0 Å². The molecule has 0 saturated carbocycles. The summed E-state index contributed by atoms with van der Waals surface area (Å²) in [6.07, 6.45) is 4.87. The summed E-state index contributed by atoms with van der Waals surface area (Å²) in [6, 6.07) is 12.3. The third-order valence-corrected chi connectivity index (χ3v) is 11.9. The Morgan fingerprint density at radius 1 is 0.727 bits per heavy atom. The molecule has 126 valence electrons. The predicted octanol–water partition coefficient (Wildman–Crippen LogP) is 3.00. The van der Waals surface area contributed by atoms with Gasteiger partial charge < -0.3 is 11.5 Å². The smallest absolute Gasteiger partial charge is 0.0806 e. The van der Waals surface area contributed by atoms with Crippen LogP contribution in [0, 0.1) is 0 Å². The first kappa shape index (κ1) is 19.6. The van der Waals surface area contributed by atoms with E-state index in [9.17, 15) is 0 Å². The van der Waals surface area contributed by atoms with Crippen molar-refractivity contribution in [2.24, 2.45) is 11.5 Å². The highest BCUT2D eigenvalue weighted by Crippen LogP contribution is 2.16. The van der Waals surface area contributed by atoms with E-state index in [-0.39, 0.29) is 0 Å². The standard InChI is InChI=1S/C18H36N2Si2/c1-21(2,14-7-5-12-19)17-10-9-11-18(16-17)22(3,4)15-8-6-13-20/h9-11,16H,5-8,12-15,19-20H2,1-4H3. The van der Waals surface area contributed by atoms with Gasteiger partial charge in [-0.1, -0.05) is 85.8 Å². The van der Waals surface area contributed by atoms with Crippen molar-refractivity contribution in [3.63, 3.8) is 0 Å². The van der Waals surface area contributed by atoms with Crippen molar-refractivity contribution in [1.29, 1.82) is 0 Å². The SMILES string of the molecule is C[Si](C)(CCCCN)c1cccc([Si](C)(C)CCCCN)c1. The van der Waals surface area contributed by atoms with Crippen LogP contribution in [0.5, 0.6) is 0 Å². The Morgan fingerprint density at radius 3 is 1.50 bits per heavy atom. The molecule has 1 aromatic carbocycles. The zero-order valence-corrected chi connectivity index (χ0v) is 17.1. The highest BCUT2D eigenvalue weighted by atomic mass is 28.3. The Morgan fingerprint density at radius 2 is 1.14 bits per heavy atom. The number of nitrogens with two attached hydrogens (primary N) is 2. The van der Waals surface area contributed by atoms with E-state index in [1.807, 2.05) is 0 Å². The van der Waals surface area contributed by atoms with Crippen LogP contribution in [-0.2, 0) is 0 Å². The first-order chi connectivity index (χ1) is 10.3. The zero-order valence-electron chi connectivity index (χ0n) is 15.1. The molecule has 2 nitrogen and oxygen atoms in total. The summed E-state index contributed by atoms with van der Waals surface area (Å²) in [4.78, 5) is 0. The minimum atomic E-state index is -1.32. The first-order valence-electron chi connectivity index (χ1n) is 8.84. The molecule has 0 fully saturated rings. The molecule has 1 aromatic rings. The molecule has 0 saturated heterocycles. The molecule has 0 bridgehead atoms. The number of rotatable bonds is 10. The third-order valence-electron chi connectivity index (χ3n) is 4.94. The summed E-state index contributed by atoms with van der Waals surface area (Å²) >= 11 is 0. The maximum absolute atomic E-state index is 5.65. The molecule has 22 heavy (non-hydrogen) atoms. The highest BCUT2D eigenvalue weighted by molar-refractivity contribution is 6.92. The van der Waals surface area contributed by atoms with Gasteiger partial charge in [-0.25, -0.2) is 0 Å². The van der Waals surface area contributed by atoms with E-state index in [2.05, 4.69) is 50.5 Å². The molecular formula is C18H36N2Si2. The summed E-state index contributed by atoms with van der Waals surface area (Å²) < 4.78 is 0. The lowest BCUT2D eigenvalue weighted by molar-refractivity contribution is 0.797. The molecule has 0 spiro atoms. The Labute approximate surface area is 139 Å². The normalized spacial score (nSPS) is 12.6. The van der Waals surface area contributed by atoms with E-state index in [1.165, 1.54) is 24.9 Å². The highest BCUT2D eigenvalue weighted by Gasteiger charge is 2.27. The van der Waals surface area contributed by atoms with Gasteiger partial charge in [-0.2, -0.15) is 0 Å². The minimum absolute atomic E-state index is 0.825. The van der Waals surface area contributed by atoms with Crippen molar-refractivity contribution in [3.05, 3.63) is 24.3 Å². The molecule has 0 aliphatic rings. The summed E-state index contributed by atoms with van der Waals surface area (Å²) in [6.45, 7) is 11.7. The fourth-order valence-corrected chi connectivity index (χ4v) is 8.25. The maximum Gasteiger partial charge on any atom is 0.0806 e. The fraction of sp³-hybridized carbons (Fsp3) is 0.667. The van der Waals surface area contributed by atoms with Gasteiger partial charge in [-0.15, -0.1) is 0 Å². The number of unbranched alkanes of at least 4 members (excludes halogenated alkanes) is 2. The lowest BCUT2D eigenvalue weighted by atomic mass is 10.3. The summed E-state index contributed by atoms with van der Waals surface area (Å²) in [7, 11) is -2.64. The first-order valence-corrected chi connectivity index (χ1v) is 15.3. The van der Waals surface area contributed by atoms with Crippen molar-refractivity contribution in [2.75, 3.05) is 13.1 Å². The van der Waals surface area contributed by atoms with Crippen LogP contribution < -0.4 is 21.8 Å². The third kappa shape index (κ3) is 5.99. The van der Waals surface area contributed by atoms with E-state index in [0.717, 1.165) is 25.9 Å². The Balaban J connectivity index is 2.83. The topological polar surface area (TPSA) is 52.0 Å². The van der Waals surface area contributed by atoms with Crippen molar-refractivity contribution >= 4 is 26.5 Å². The molecule has 0 unspecified atom stereocenters. The van der Waals surface area contributed by atoms with Gasteiger partial charge in [0.2, 0.25) is 0 Å². The number of hydrogen-bond acceptors (Lipinski definition) is 2. The lowest BCUT2D eigenvalue weighted by Crippen LogP contribution is -2.47. The molecule has 4 heteroatoms. The van der Waals surface area contributed by atoms with Gasteiger partial charge in [-0.3, -0.25) is 0 Å². The van der Waals surface area contributed by atoms with Gasteiger partial charge in [0.25, 0.3) is 0 Å². The zero-order chi connectivity index (χ0) is 16.6. The second kappa shape index (κ2) is 9.01. The summed E-state index contributed by atoms with van der Waals surface area (Å²) in [5, 5.41) is 3.25. The molecule has 4 N–H and O–H groups in total. The minimum Gasteiger partial charge on any atom is -0.330 e. The van der Waals surface area contributed by atoms with Crippen LogP contribution >= 0.6 is 0 Å². The number of hydrogen-bond donors (Lipinski definition) is 2. The van der Waals surface area contributed by atoms with Crippen LogP contribution in [0.25, 0.3) is 0 Å². The van der Waals surface area contributed by atoms with Gasteiger partial charge in [0, 0.05) is 0 Å². The molecule has 0 aliphatic heterocycles. The molecule has 0 aliphatic carbocycles. The Hall–Kier alpha value is -0.426. The van der Waals surface area contributed by atoms with Crippen LogP contribution in [0.3, 0.4) is 0 Å². The summed E-state index contributed by atoms with van der Waals surface area (Å²) in [5.41, 5.74) is 11.3. The van der Waals surface area contributed by atoms with Crippen LogP contribution in [0.4, 0.5) is 0 Å². The quantitative estimate of drug-likeness (QED) is 0.510. The second-order valence-electron chi connectivity index (χ2n) is 7.84. The number of benzene rings is 1. The van der Waals surface area contributed by atoms with E-state index < -0.39 is 16.1 Å². The average Bonchev–Trinajstić information content (AvgIpc) is 2.48. The molecule has 0 amide bonds. The molecule has 0 atom stereocenters. The van der Waals surface area contributed by atoms with Crippen LogP contribution in [-0.4, -0.2) is 29.2 Å². The van der Waals surface area contributed by atoms with Gasteiger partial charge in [0.15, 0.2) is 0 Å². The Kier molecular flexibility index (Phi) is 8.04. The van der Waals surface area contributed by atoms with E-state index in [0.29, 0.717) is 0 Å². The predicted molar refractivity (Wildman–Crippen MR) is 107 cm³/mol. The molecule has 0 aromatic heterocycles. The van der Waals surface area contributed by atoms with Crippen molar-refractivity contribution in [1.82, 2.24) is 0 Å². The Bertz CT molecular complexity index is 407. The van der Waals surface area contributed by atoms with Gasteiger partial charge in [-0.05, 0) is 25.9 Å². The van der Waals surface area contributed by atoms with E-state index >= 15 is 0 Å². The largest absolute Gasteiger partial charge is 0.330 e. The van der Waals surface area contributed by atoms with Gasteiger partial charge in [0.05, 0.1) is 16.1 Å². The van der Waals surface area contributed by atoms with E-state index in [1.54, 1.807) is 10.4 Å². The lowest BCUT2D eigenvalue weighted by Gasteiger charge is -2.28. The molecule has 0 heterocycles. The molecule has 1 rings (SSSR count). The molecular weight excluding hydrogens is 300 g/mol.